The van der Waals surface area contributed by atoms with Crippen molar-refractivity contribution in [2.75, 3.05) is 18.9 Å². The van der Waals surface area contributed by atoms with E-state index in [9.17, 15) is 13.2 Å². The van der Waals surface area contributed by atoms with Crippen LogP contribution in [0.4, 0.5) is 5.69 Å². The Morgan fingerprint density at radius 1 is 1.17 bits per heavy atom. The van der Waals surface area contributed by atoms with Crippen LogP contribution >= 0.6 is 15.9 Å². The number of halogens is 1. The summed E-state index contributed by atoms with van der Waals surface area (Å²) in [6, 6.07) is 13.4. The van der Waals surface area contributed by atoms with Gasteiger partial charge in [0.2, 0.25) is 15.9 Å². The first-order valence-electron chi connectivity index (χ1n) is 6.88. The van der Waals surface area contributed by atoms with Gasteiger partial charge in [0.1, 0.15) is 0 Å². The van der Waals surface area contributed by atoms with Crippen molar-refractivity contribution in [1.29, 1.82) is 0 Å². The van der Waals surface area contributed by atoms with Crippen LogP contribution < -0.4 is 5.32 Å². The molecular formula is C16H17BrN2O3S. The predicted molar refractivity (Wildman–Crippen MR) is 93.8 cm³/mol. The van der Waals surface area contributed by atoms with Gasteiger partial charge < -0.3 is 5.32 Å². The van der Waals surface area contributed by atoms with E-state index < -0.39 is 15.9 Å². The fourth-order valence-corrected chi connectivity index (χ4v) is 3.38. The van der Waals surface area contributed by atoms with Gasteiger partial charge in [-0.15, -0.1) is 0 Å². The summed E-state index contributed by atoms with van der Waals surface area (Å²) in [6.45, 7) is 1.65. The first-order chi connectivity index (χ1) is 10.8. The lowest BCUT2D eigenvalue weighted by molar-refractivity contribution is -0.116. The molecule has 0 unspecified atom stereocenters. The molecule has 5 nitrogen and oxygen atoms in total. The number of hydrogen-bond donors (Lipinski definition) is 1. The molecule has 0 radical (unpaired) electrons. The highest BCUT2D eigenvalue weighted by atomic mass is 79.9. The Morgan fingerprint density at radius 3 is 2.43 bits per heavy atom. The van der Waals surface area contributed by atoms with Crippen molar-refractivity contribution in [3.05, 3.63) is 58.6 Å². The van der Waals surface area contributed by atoms with Crippen LogP contribution in [0.1, 0.15) is 5.56 Å². The van der Waals surface area contributed by atoms with Crippen molar-refractivity contribution in [3.8, 4) is 0 Å². The number of nitrogens with zero attached hydrogens (tertiary/aromatic N) is 1. The highest BCUT2D eigenvalue weighted by Crippen LogP contribution is 2.20. The van der Waals surface area contributed by atoms with E-state index in [1.165, 1.54) is 19.2 Å². The molecule has 0 aliphatic rings. The average molecular weight is 397 g/mol. The Labute approximate surface area is 144 Å². The lowest BCUT2D eigenvalue weighted by Gasteiger charge is -2.17. The van der Waals surface area contributed by atoms with Gasteiger partial charge >= 0.3 is 0 Å². The second-order valence-electron chi connectivity index (χ2n) is 5.09. The fourth-order valence-electron chi connectivity index (χ4n) is 1.98. The molecule has 0 aliphatic carbocycles. The molecule has 0 aromatic heterocycles. The molecular weight excluding hydrogens is 380 g/mol. The van der Waals surface area contributed by atoms with Gasteiger partial charge in [-0.25, -0.2) is 8.42 Å². The summed E-state index contributed by atoms with van der Waals surface area (Å²) in [4.78, 5) is 12.2. The number of likely N-dealkylation sites (N-methyl/N-ethyl adjacent to an activating group) is 1. The van der Waals surface area contributed by atoms with Gasteiger partial charge in [-0.05, 0) is 42.8 Å². The average Bonchev–Trinajstić information content (AvgIpc) is 2.51. The van der Waals surface area contributed by atoms with Gasteiger partial charge in [0.25, 0.3) is 0 Å². The monoisotopic (exact) mass is 396 g/mol. The maximum Gasteiger partial charge on any atom is 0.243 e. The molecule has 0 saturated carbocycles. The van der Waals surface area contributed by atoms with Crippen LogP contribution in [0, 0.1) is 6.92 Å². The SMILES string of the molecule is Cc1cc(NC(=O)CN(C)S(=O)(=O)c2ccccc2)ccc1Br. The molecule has 2 rings (SSSR count). The topological polar surface area (TPSA) is 66.5 Å². The van der Waals surface area contributed by atoms with Gasteiger partial charge in [-0.3, -0.25) is 4.79 Å². The van der Waals surface area contributed by atoms with E-state index in [1.54, 1.807) is 24.3 Å². The maximum absolute atomic E-state index is 12.4. The number of amides is 1. The molecule has 1 amide bonds. The standard InChI is InChI=1S/C16H17BrN2O3S/c1-12-10-13(8-9-15(12)17)18-16(20)11-19(2)23(21,22)14-6-4-3-5-7-14/h3-10H,11H2,1-2H3,(H,18,20). The summed E-state index contributed by atoms with van der Waals surface area (Å²) in [5.41, 5.74) is 1.61. The summed E-state index contributed by atoms with van der Waals surface area (Å²) >= 11 is 3.39. The largest absolute Gasteiger partial charge is 0.325 e. The lowest BCUT2D eigenvalue weighted by Crippen LogP contribution is -2.34. The van der Waals surface area contributed by atoms with Crippen molar-refractivity contribution in [1.82, 2.24) is 4.31 Å². The summed E-state index contributed by atoms with van der Waals surface area (Å²) in [5.74, 6) is -0.395. The van der Waals surface area contributed by atoms with Crippen molar-refractivity contribution >= 4 is 37.5 Å². The Morgan fingerprint density at radius 2 is 1.83 bits per heavy atom. The molecule has 0 saturated heterocycles. The van der Waals surface area contributed by atoms with Crippen molar-refractivity contribution in [2.24, 2.45) is 0 Å². The van der Waals surface area contributed by atoms with E-state index in [0.717, 1.165) is 14.3 Å². The lowest BCUT2D eigenvalue weighted by atomic mass is 10.2. The number of carbonyl (C=O) groups excluding carboxylic acids is 1. The van der Waals surface area contributed by atoms with Crippen LogP contribution in [0.15, 0.2) is 57.9 Å². The van der Waals surface area contributed by atoms with Gasteiger partial charge in [0, 0.05) is 17.2 Å². The highest BCUT2D eigenvalue weighted by Gasteiger charge is 2.22. The summed E-state index contributed by atoms with van der Waals surface area (Å²) in [7, 11) is -2.29. The normalized spacial score (nSPS) is 11.5. The van der Waals surface area contributed by atoms with Crippen LogP contribution in [0.25, 0.3) is 0 Å². The minimum absolute atomic E-state index is 0.162. The molecule has 23 heavy (non-hydrogen) atoms. The molecule has 0 aliphatic heterocycles. The van der Waals surface area contributed by atoms with E-state index in [-0.39, 0.29) is 11.4 Å². The summed E-state index contributed by atoms with van der Waals surface area (Å²) < 4.78 is 26.7. The van der Waals surface area contributed by atoms with Crippen LogP contribution in [-0.4, -0.2) is 32.2 Å². The minimum atomic E-state index is -3.68. The number of carbonyl (C=O) groups is 1. The number of sulfonamides is 1. The molecule has 0 heterocycles. The number of nitrogens with one attached hydrogen (secondary N) is 1. The number of hydrogen-bond acceptors (Lipinski definition) is 3. The van der Waals surface area contributed by atoms with E-state index in [2.05, 4.69) is 21.2 Å². The Kier molecular flexibility index (Phi) is 5.56. The van der Waals surface area contributed by atoms with E-state index in [4.69, 9.17) is 0 Å². The van der Waals surface area contributed by atoms with Crippen molar-refractivity contribution in [3.63, 3.8) is 0 Å². The van der Waals surface area contributed by atoms with Crippen LogP contribution in [0.3, 0.4) is 0 Å². The molecule has 0 spiro atoms. The molecule has 0 bridgehead atoms. The first-order valence-corrected chi connectivity index (χ1v) is 9.11. The highest BCUT2D eigenvalue weighted by molar-refractivity contribution is 9.10. The van der Waals surface area contributed by atoms with Gasteiger partial charge in [-0.2, -0.15) is 4.31 Å². The zero-order valence-corrected chi connectivity index (χ0v) is 15.2. The number of aryl methyl sites for hydroxylation is 1. The van der Waals surface area contributed by atoms with Crippen LogP contribution in [0.2, 0.25) is 0 Å². The second-order valence-corrected chi connectivity index (χ2v) is 7.99. The first kappa shape index (κ1) is 17.7. The molecule has 1 N–H and O–H groups in total. The third kappa shape index (κ3) is 4.40. The quantitative estimate of drug-likeness (QED) is 0.844. The van der Waals surface area contributed by atoms with Gasteiger partial charge in [0.15, 0.2) is 0 Å². The Balaban J connectivity index is 2.06. The molecule has 2 aromatic rings. The van der Waals surface area contributed by atoms with Crippen molar-refractivity contribution in [2.45, 2.75) is 11.8 Å². The van der Waals surface area contributed by atoms with E-state index in [0.29, 0.717) is 5.69 Å². The fraction of sp³-hybridized carbons (Fsp3) is 0.188. The number of rotatable bonds is 5. The third-order valence-corrected chi connectivity index (χ3v) is 5.97. The predicted octanol–water partition coefficient (Wildman–Crippen LogP) is 3.02. The van der Waals surface area contributed by atoms with E-state index >= 15 is 0 Å². The number of anilines is 1. The molecule has 0 fully saturated rings. The zero-order chi connectivity index (χ0) is 17.0. The Bertz CT molecular complexity index is 807. The smallest absolute Gasteiger partial charge is 0.243 e. The van der Waals surface area contributed by atoms with Crippen LogP contribution in [0.5, 0.6) is 0 Å². The van der Waals surface area contributed by atoms with Crippen molar-refractivity contribution < 1.29 is 13.2 Å². The van der Waals surface area contributed by atoms with Gasteiger partial charge in [-0.1, -0.05) is 34.1 Å². The van der Waals surface area contributed by atoms with Crippen LogP contribution in [-0.2, 0) is 14.8 Å². The number of benzene rings is 2. The maximum atomic E-state index is 12.4. The third-order valence-electron chi connectivity index (χ3n) is 3.26. The summed E-state index contributed by atoms with van der Waals surface area (Å²) in [5, 5.41) is 2.70. The zero-order valence-electron chi connectivity index (χ0n) is 12.8. The van der Waals surface area contributed by atoms with E-state index in [1.807, 2.05) is 19.1 Å². The Hall–Kier alpha value is -1.70. The molecule has 122 valence electrons. The second kappa shape index (κ2) is 7.25. The molecule has 2 aromatic carbocycles. The molecule has 7 heteroatoms. The minimum Gasteiger partial charge on any atom is -0.325 e. The van der Waals surface area contributed by atoms with Gasteiger partial charge in [0.05, 0.1) is 11.4 Å². The molecule has 0 atom stereocenters. The summed E-state index contributed by atoms with van der Waals surface area (Å²) in [6.07, 6.45) is 0.